The molecule has 2 unspecified atom stereocenters. The molecule has 0 aromatic heterocycles. The van der Waals surface area contributed by atoms with Crippen LogP contribution in [-0.2, 0) is 4.74 Å². The molecule has 1 aromatic carbocycles. The third-order valence-electron chi connectivity index (χ3n) is 5.16. The maximum atomic E-state index is 5.88. The molecule has 0 bridgehead atoms. The van der Waals surface area contributed by atoms with E-state index in [1.165, 1.54) is 24.8 Å². The van der Waals surface area contributed by atoms with Crippen LogP contribution in [0.5, 0.6) is 0 Å². The molecule has 124 valence electrons. The second-order valence-electron chi connectivity index (χ2n) is 7.27. The Bertz CT molecular complexity index is 431. The van der Waals surface area contributed by atoms with E-state index < -0.39 is 0 Å². The van der Waals surface area contributed by atoms with Crippen molar-refractivity contribution in [2.24, 2.45) is 17.8 Å². The topological polar surface area (TPSA) is 9.23 Å². The Morgan fingerprint density at radius 3 is 2.36 bits per heavy atom. The number of methoxy groups -OCH3 is 1. The van der Waals surface area contributed by atoms with Gasteiger partial charge >= 0.3 is 143 Å². The van der Waals surface area contributed by atoms with Crippen molar-refractivity contribution < 1.29 is 4.74 Å². The summed E-state index contributed by atoms with van der Waals surface area (Å²) in [5.74, 6) is 2.66. The van der Waals surface area contributed by atoms with Crippen molar-refractivity contribution >= 4 is 15.0 Å². The van der Waals surface area contributed by atoms with E-state index in [9.17, 15) is 0 Å². The van der Waals surface area contributed by atoms with Crippen molar-refractivity contribution in [2.75, 3.05) is 7.11 Å². The van der Waals surface area contributed by atoms with Gasteiger partial charge < -0.3 is 0 Å². The van der Waals surface area contributed by atoms with Crippen LogP contribution >= 0.6 is 0 Å². The number of rotatable bonds is 6. The summed E-state index contributed by atoms with van der Waals surface area (Å²) in [5, 5.41) is 0. The van der Waals surface area contributed by atoms with Crippen LogP contribution in [0, 0.1) is 17.8 Å². The Morgan fingerprint density at radius 2 is 1.77 bits per heavy atom. The van der Waals surface area contributed by atoms with Crippen molar-refractivity contribution in [3.05, 3.63) is 35.9 Å². The minimum atomic E-state index is 0.256. The summed E-state index contributed by atoms with van der Waals surface area (Å²) < 4.78 is 5.88. The molecule has 0 saturated heterocycles. The Hall–Kier alpha value is -0.301. The molecule has 0 amide bonds. The quantitative estimate of drug-likeness (QED) is 0.580. The van der Waals surface area contributed by atoms with Crippen LogP contribution in [0.25, 0.3) is 0 Å². The van der Waals surface area contributed by atoms with Crippen molar-refractivity contribution in [2.45, 2.75) is 62.7 Å². The molecule has 0 heterocycles. The average molecular weight is 367 g/mol. The Kier molecular flexibility index (Phi) is 6.99. The van der Waals surface area contributed by atoms with Crippen LogP contribution in [0.2, 0.25) is 9.63 Å². The summed E-state index contributed by atoms with van der Waals surface area (Å²) in [4.78, 5) is 1.56. The molecule has 1 fully saturated rings. The zero-order chi connectivity index (χ0) is 16.1. The molecule has 5 atom stereocenters. The molecule has 0 N–H and O–H groups in total. The molecule has 1 saturated carbocycles. The normalized spacial score (nSPS) is 28.5. The molecule has 22 heavy (non-hydrogen) atoms. The van der Waals surface area contributed by atoms with E-state index >= 15 is 0 Å². The van der Waals surface area contributed by atoms with Gasteiger partial charge in [0.1, 0.15) is 0 Å². The molecule has 1 aromatic rings. The van der Waals surface area contributed by atoms with Crippen LogP contribution in [-0.4, -0.2) is 22.1 Å². The van der Waals surface area contributed by atoms with E-state index in [0.29, 0.717) is 19.8 Å². The van der Waals surface area contributed by atoms with Crippen molar-refractivity contribution in [3.8, 4) is 0 Å². The second kappa shape index (κ2) is 8.52. The Balaban J connectivity index is 2.06. The van der Waals surface area contributed by atoms with Gasteiger partial charge in [-0.3, -0.25) is 0 Å². The first-order valence-corrected chi connectivity index (χ1v) is 10.7. The number of hydrogen-bond acceptors (Lipinski definition) is 1. The minimum absolute atomic E-state index is 0.256. The first kappa shape index (κ1) is 18.0. The molecule has 1 aliphatic carbocycles. The van der Waals surface area contributed by atoms with Gasteiger partial charge in [-0.15, -0.1) is 0 Å². The van der Waals surface area contributed by atoms with Gasteiger partial charge in [0.25, 0.3) is 0 Å². The van der Waals surface area contributed by atoms with Gasteiger partial charge in [-0.25, -0.2) is 0 Å². The van der Waals surface area contributed by atoms with Gasteiger partial charge in [0.2, 0.25) is 0 Å². The van der Waals surface area contributed by atoms with Crippen molar-refractivity contribution in [1.29, 1.82) is 0 Å². The van der Waals surface area contributed by atoms with Crippen LogP contribution in [0.1, 0.15) is 58.6 Å². The Labute approximate surface area is 143 Å². The Morgan fingerprint density at radius 1 is 1.09 bits per heavy atom. The van der Waals surface area contributed by atoms with Crippen LogP contribution in [0.15, 0.2) is 30.3 Å². The number of ether oxygens (including phenoxy) is 1. The fraction of sp³-hybridized carbons (Fsp3) is 0.700. The van der Waals surface area contributed by atoms with Gasteiger partial charge in [-0.2, -0.15) is 0 Å². The molecular weight excluding hydrogens is 335 g/mol. The van der Waals surface area contributed by atoms with E-state index in [0.717, 1.165) is 22.6 Å². The van der Waals surface area contributed by atoms with Crippen LogP contribution in [0.3, 0.4) is 0 Å². The summed E-state index contributed by atoms with van der Waals surface area (Å²) in [5.41, 5.74) is 1.34. The zero-order valence-corrected chi connectivity index (χ0v) is 16.5. The number of benzene rings is 1. The van der Waals surface area contributed by atoms with E-state index in [-0.39, 0.29) is 6.10 Å². The first-order valence-electron chi connectivity index (χ1n) is 8.76. The number of hydrogen-bond donors (Lipinski definition) is 0. The third-order valence-corrected chi connectivity index (χ3v) is 8.45. The van der Waals surface area contributed by atoms with Gasteiger partial charge in [0.15, 0.2) is 0 Å². The van der Waals surface area contributed by atoms with Crippen molar-refractivity contribution in [1.82, 2.24) is 0 Å². The summed E-state index contributed by atoms with van der Waals surface area (Å²) in [6, 6.07) is 10.8. The summed E-state index contributed by atoms with van der Waals surface area (Å²) >= 11 is 0.639. The van der Waals surface area contributed by atoms with E-state index in [1.807, 2.05) is 7.11 Å². The SMILES string of the molecule is COC(c1ccccc1)C(C)[Se][C@@H]1C[C@H](C)CC[C@H]1C(C)C. The molecule has 0 aliphatic heterocycles. The van der Waals surface area contributed by atoms with Gasteiger partial charge in [-0.05, 0) is 0 Å². The summed E-state index contributed by atoms with van der Waals surface area (Å²) in [6.45, 7) is 9.67. The van der Waals surface area contributed by atoms with Crippen LogP contribution < -0.4 is 0 Å². The van der Waals surface area contributed by atoms with Gasteiger partial charge in [-0.1, -0.05) is 0 Å². The van der Waals surface area contributed by atoms with Gasteiger partial charge in [0.05, 0.1) is 0 Å². The predicted molar refractivity (Wildman–Crippen MR) is 96.5 cm³/mol. The first-order chi connectivity index (χ1) is 10.5. The molecular formula is C20H32OSe. The predicted octanol–water partition coefficient (Wildman–Crippen LogP) is 5.77. The maximum absolute atomic E-state index is 5.88. The molecule has 1 aliphatic rings. The second-order valence-corrected chi connectivity index (χ2v) is 10.7. The van der Waals surface area contributed by atoms with Crippen molar-refractivity contribution in [3.63, 3.8) is 0 Å². The monoisotopic (exact) mass is 368 g/mol. The zero-order valence-electron chi connectivity index (χ0n) is 14.8. The summed E-state index contributed by atoms with van der Waals surface area (Å²) in [6.07, 6.45) is 4.54. The van der Waals surface area contributed by atoms with Gasteiger partial charge in [0, 0.05) is 0 Å². The van der Waals surface area contributed by atoms with E-state index in [2.05, 4.69) is 58.0 Å². The molecule has 0 spiro atoms. The summed E-state index contributed by atoms with van der Waals surface area (Å²) in [7, 11) is 1.87. The fourth-order valence-electron chi connectivity index (χ4n) is 3.86. The standard InChI is InChI=1S/C20H32OSe/c1-14(2)18-12-11-15(3)13-19(18)22-16(4)20(21-5)17-9-7-6-8-10-17/h6-10,14-16,18-20H,11-13H2,1-5H3/t15-,16?,18+,19-,20?/m1/s1. The van der Waals surface area contributed by atoms with E-state index in [1.54, 1.807) is 0 Å². The molecule has 2 heteroatoms. The molecule has 1 nitrogen and oxygen atoms in total. The third kappa shape index (κ3) is 4.60. The fourth-order valence-corrected chi connectivity index (χ4v) is 8.17. The molecule has 2 rings (SSSR count). The van der Waals surface area contributed by atoms with E-state index in [4.69, 9.17) is 4.74 Å². The molecule has 0 radical (unpaired) electrons. The van der Waals surface area contributed by atoms with Crippen LogP contribution in [0.4, 0.5) is 0 Å². The average Bonchev–Trinajstić information content (AvgIpc) is 2.48.